The lowest BCUT2D eigenvalue weighted by Crippen LogP contribution is -2.15. The summed E-state index contributed by atoms with van der Waals surface area (Å²) in [6, 6.07) is 5.08. The molecule has 0 radical (unpaired) electrons. The van der Waals surface area contributed by atoms with Gasteiger partial charge in [0.05, 0.1) is 18.3 Å². The fourth-order valence-corrected chi connectivity index (χ4v) is 1.22. The van der Waals surface area contributed by atoms with E-state index in [1.807, 2.05) is 0 Å². The molecular weight excluding hydrogens is 206 g/mol. The van der Waals surface area contributed by atoms with Crippen molar-refractivity contribution in [3.05, 3.63) is 36.3 Å². The molecule has 0 saturated carbocycles. The molecule has 0 aliphatic carbocycles. The molecular formula is C10H11N5O. The number of nitrogens with one attached hydrogen (secondary N) is 2. The molecule has 2 aromatic rings. The van der Waals surface area contributed by atoms with Gasteiger partial charge in [0.25, 0.3) is 0 Å². The Balaban J connectivity index is 1.95. The van der Waals surface area contributed by atoms with Gasteiger partial charge in [-0.15, -0.1) is 0 Å². The Labute approximate surface area is 91.9 Å². The fourth-order valence-electron chi connectivity index (χ4n) is 1.22. The lowest BCUT2D eigenvalue weighted by Gasteiger charge is -2.03. The maximum absolute atomic E-state index is 11.5. The van der Waals surface area contributed by atoms with Crippen LogP contribution in [0.15, 0.2) is 30.6 Å². The highest BCUT2D eigenvalue weighted by Crippen LogP contribution is 2.06. The van der Waals surface area contributed by atoms with E-state index >= 15 is 0 Å². The van der Waals surface area contributed by atoms with Crippen LogP contribution in [-0.2, 0) is 11.2 Å². The molecule has 2 aromatic heterocycles. The molecule has 6 heteroatoms. The molecule has 0 saturated heterocycles. The molecule has 0 unspecified atom stereocenters. The summed E-state index contributed by atoms with van der Waals surface area (Å²) < 4.78 is 0. The van der Waals surface area contributed by atoms with E-state index in [2.05, 4.69) is 20.5 Å². The van der Waals surface area contributed by atoms with Crippen LogP contribution in [-0.4, -0.2) is 21.1 Å². The zero-order valence-electron chi connectivity index (χ0n) is 8.47. The van der Waals surface area contributed by atoms with E-state index in [9.17, 15) is 4.79 Å². The number of amides is 1. The van der Waals surface area contributed by atoms with E-state index in [0.29, 0.717) is 11.5 Å². The number of hydrogen-bond acceptors (Lipinski definition) is 4. The first-order valence-electron chi connectivity index (χ1n) is 4.73. The van der Waals surface area contributed by atoms with E-state index in [-0.39, 0.29) is 12.3 Å². The molecule has 6 nitrogen and oxygen atoms in total. The molecule has 16 heavy (non-hydrogen) atoms. The molecule has 0 spiro atoms. The lowest BCUT2D eigenvalue weighted by atomic mass is 10.3. The standard InChI is InChI=1S/C10H11N5O/c11-7-1-2-9(12-6-7)14-10(16)5-8-3-4-13-15-8/h1-4,6H,5,11H2,(H,13,15)(H,12,14,16). The summed E-state index contributed by atoms with van der Waals surface area (Å²) >= 11 is 0. The van der Waals surface area contributed by atoms with Gasteiger partial charge in [-0.3, -0.25) is 9.89 Å². The van der Waals surface area contributed by atoms with Gasteiger partial charge in [0.15, 0.2) is 0 Å². The molecule has 0 aliphatic rings. The molecule has 0 fully saturated rings. The second-order valence-electron chi connectivity index (χ2n) is 3.28. The number of anilines is 2. The van der Waals surface area contributed by atoms with Gasteiger partial charge in [-0.2, -0.15) is 5.10 Å². The number of carbonyl (C=O) groups excluding carboxylic acids is 1. The van der Waals surface area contributed by atoms with Crippen molar-refractivity contribution in [1.82, 2.24) is 15.2 Å². The van der Waals surface area contributed by atoms with Gasteiger partial charge in [-0.1, -0.05) is 0 Å². The molecule has 0 aromatic carbocycles. The van der Waals surface area contributed by atoms with Gasteiger partial charge in [-0.05, 0) is 18.2 Å². The van der Waals surface area contributed by atoms with Crippen LogP contribution in [0.3, 0.4) is 0 Å². The monoisotopic (exact) mass is 217 g/mol. The van der Waals surface area contributed by atoms with E-state index < -0.39 is 0 Å². The Hall–Kier alpha value is -2.37. The van der Waals surface area contributed by atoms with Gasteiger partial charge in [-0.25, -0.2) is 4.98 Å². The van der Waals surface area contributed by atoms with Crippen LogP contribution < -0.4 is 11.1 Å². The minimum atomic E-state index is -0.151. The maximum atomic E-state index is 11.5. The number of rotatable bonds is 3. The molecule has 0 aliphatic heterocycles. The van der Waals surface area contributed by atoms with Crippen molar-refractivity contribution in [2.24, 2.45) is 0 Å². The number of nitrogens with two attached hydrogens (primary N) is 1. The number of nitrogens with zero attached hydrogens (tertiary/aromatic N) is 2. The van der Waals surface area contributed by atoms with E-state index in [4.69, 9.17) is 5.73 Å². The maximum Gasteiger partial charge on any atom is 0.231 e. The largest absolute Gasteiger partial charge is 0.397 e. The van der Waals surface area contributed by atoms with Crippen molar-refractivity contribution >= 4 is 17.4 Å². The second-order valence-corrected chi connectivity index (χ2v) is 3.28. The third-order valence-corrected chi connectivity index (χ3v) is 1.96. The fraction of sp³-hybridized carbons (Fsp3) is 0.100. The average Bonchev–Trinajstić information content (AvgIpc) is 2.74. The number of pyridine rings is 1. The Kier molecular flexibility index (Phi) is 2.81. The molecule has 4 N–H and O–H groups in total. The Bertz CT molecular complexity index is 462. The lowest BCUT2D eigenvalue weighted by molar-refractivity contribution is -0.115. The van der Waals surface area contributed by atoms with Gasteiger partial charge >= 0.3 is 0 Å². The Morgan fingerprint density at radius 1 is 1.44 bits per heavy atom. The van der Waals surface area contributed by atoms with E-state index in [1.54, 1.807) is 24.4 Å². The minimum Gasteiger partial charge on any atom is -0.397 e. The van der Waals surface area contributed by atoms with Crippen LogP contribution in [0, 0.1) is 0 Å². The summed E-state index contributed by atoms with van der Waals surface area (Å²) in [5.74, 6) is 0.334. The minimum absolute atomic E-state index is 0.151. The van der Waals surface area contributed by atoms with Crippen molar-refractivity contribution < 1.29 is 4.79 Å². The molecule has 0 bridgehead atoms. The summed E-state index contributed by atoms with van der Waals surface area (Å²) in [6.45, 7) is 0. The first-order chi connectivity index (χ1) is 7.74. The first kappa shape index (κ1) is 10.2. The number of hydrogen-bond donors (Lipinski definition) is 3. The van der Waals surface area contributed by atoms with Gasteiger partial charge < -0.3 is 11.1 Å². The Morgan fingerprint density at radius 3 is 2.94 bits per heavy atom. The average molecular weight is 217 g/mol. The highest BCUT2D eigenvalue weighted by atomic mass is 16.1. The van der Waals surface area contributed by atoms with E-state index in [0.717, 1.165) is 5.69 Å². The van der Waals surface area contributed by atoms with Crippen LogP contribution in [0.5, 0.6) is 0 Å². The zero-order valence-corrected chi connectivity index (χ0v) is 8.47. The topological polar surface area (TPSA) is 96.7 Å². The van der Waals surface area contributed by atoms with E-state index in [1.165, 1.54) is 6.20 Å². The summed E-state index contributed by atoms with van der Waals surface area (Å²) in [5, 5.41) is 9.12. The molecule has 0 atom stereocenters. The molecule has 1 amide bonds. The van der Waals surface area contributed by atoms with Crippen molar-refractivity contribution in [1.29, 1.82) is 0 Å². The summed E-state index contributed by atoms with van der Waals surface area (Å²) in [7, 11) is 0. The molecule has 2 heterocycles. The molecule has 82 valence electrons. The number of aromatic amines is 1. The first-order valence-corrected chi connectivity index (χ1v) is 4.73. The third kappa shape index (κ3) is 2.57. The predicted molar refractivity (Wildman–Crippen MR) is 59.6 cm³/mol. The van der Waals surface area contributed by atoms with Crippen LogP contribution in [0.2, 0.25) is 0 Å². The number of nitrogen functional groups attached to an aromatic ring is 1. The summed E-state index contributed by atoms with van der Waals surface area (Å²) in [4.78, 5) is 15.5. The van der Waals surface area contributed by atoms with Gasteiger partial charge in [0.2, 0.25) is 5.91 Å². The number of H-pyrrole nitrogens is 1. The third-order valence-electron chi connectivity index (χ3n) is 1.96. The highest BCUT2D eigenvalue weighted by Gasteiger charge is 2.05. The number of carbonyl (C=O) groups is 1. The predicted octanol–water partition coefficient (Wildman–Crippen LogP) is 0.568. The van der Waals surface area contributed by atoms with Crippen LogP contribution in [0.1, 0.15) is 5.69 Å². The van der Waals surface area contributed by atoms with Gasteiger partial charge in [0, 0.05) is 11.9 Å². The van der Waals surface area contributed by atoms with Crippen molar-refractivity contribution in [2.75, 3.05) is 11.1 Å². The smallest absolute Gasteiger partial charge is 0.231 e. The van der Waals surface area contributed by atoms with Crippen molar-refractivity contribution in [2.45, 2.75) is 6.42 Å². The quantitative estimate of drug-likeness (QED) is 0.700. The van der Waals surface area contributed by atoms with Crippen molar-refractivity contribution in [3.63, 3.8) is 0 Å². The Morgan fingerprint density at radius 2 is 2.31 bits per heavy atom. The summed E-state index contributed by atoms with van der Waals surface area (Å²) in [6.07, 6.45) is 3.34. The van der Waals surface area contributed by atoms with Crippen molar-refractivity contribution in [3.8, 4) is 0 Å². The number of aromatic nitrogens is 3. The molecule has 2 rings (SSSR count). The summed E-state index contributed by atoms with van der Waals surface area (Å²) in [5.41, 5.74) is 6.80. The van der Waals surface area contributed by atoms with Gasteiger partial charge in [0.1, 0.15) is 5.82 Å². The normalized spacial score (nSPS) is 10.0. The zero-order chi connectivity index (χ0) is 11.4. The SMILES string of the molecule is Nc1ccc(NC(=O)Cc2ccn[nH]2)nc1. The van der Waals surface area contributed by atoms with Crippen LogP contribution in [0.4, 0.5) is 11.5 Å². The highest BCUT2D eigenvalue weighted by molar-refractivity contribution is 5.91. The van der Waals surface area contributed by atoms with Crippen LogP contribution in [0.25, 0.3) is 0 Å². The van der Waals surface area contributed by atoms with Crippen LogP contribution >= 0.6 is 0 Å². The second kappa shape index (κ2) is 4.43.